The molecule has 0 spiro atoms. The van der Waals surface area contributed by atoms with Crippen LogP contribution in [0.15, 0.2) is 52.4 Å². The monoisotopic (exact) mass is 410 g/mol. The van der Waals surface area contributed by atoms with Crippen LogP contribution < -0.4 is 16.2 Å². The smallest absolute Gasteiger partial charge is 0.308 e. The Morgan fingerprint density at radius 2 is 1.86 bits per heavy atom. The minimum Gasteiger partial charge on any atom is -0.308 e. The Labute approximate surface area is 172 Å². The summed E-state index contributed by atoms with van der Waals surface area (Å²) in [6.45, 7) is 6.22. The highest BCUT2D eigenvalue weighted by molar-refractivity contribution is 7.99. The minimum atomic E-state index is -0.599. The summed E-state index contributed by atoms with van der Waals surface area (Å²) in [7, 11) is 0. The van der Waals surface area contributed by atoms with Crippen molar-refractivity contribution in [3.05, 3.63) is 63.9 Å². The van der Waals surface area contributed by atoms with E-state index in [1.165, 1.54) is 4.57 Å². The lowest BCUT2D eigenvalue weighted by atomic mass is 10.1. The van der Waals surface area contributed by atoms with E-state index in [9.17, 15) is 14.4 Å². The number of amides is 3. The number of aryl methyl sites for hydroxylation is 2. The van der Waals surface area contributed by atoms with Crippen molar-refractivity contribution < 1.29 is 9.59 Å². The molecule has 150 valence electrons. The third-order valence-electron chi connectivity index (χ3n) is 4.49. The van der Waals surface area contributed by atoms with E-state index in [2.05, 4.69) is 15.6 Å². The molecular weight excluding hydrogens is 388 g/mol. The van der Waals surface area contributed by atoms with Crippen LogP contribution >= 0.6 is 11.8 Å². The van der Waals surface area contributed by atoms with Crippen LogP contribution in [0.2, 0.25) is 0 Å². The summed E-state index contributed by atoms with van der Waals surface area (Å²) in [5, 5.41) is 5.92. The van der Waals surface area contributed by atoms with Crippen molar-refractivity contribution in [2.75, 3.05) is 11.1 Å². The van der Waals surface area contributed by atoms with Gasteiger partial charge in [0.15, 0.2) is 5.16 Å². The second kappa shape index (κ2) is 8.91. The van der Waals surface area contributed by atoms with E-state index in [0.717, 1.165) is 22.9 Å². The molecule has 0 saturated carbocycles. The Balaban J connectivity index is 1.65. The highest BCUT2D eigenvalue weighted by Crippen LogP contribution is 2.18. The molecule has 2 N–H and O–H groups in total. The van der Waals surface area contributed by atoms with Crippen LogP contribution in [0.3, 0.4) is 0 Å². The number of carbonyl (C=O) groups is 2. The molecule has 1 heterocycles. The molecule has 3 amide bonds. The molecule has 7 nitrogen and oxygen atoms in total. The second-order valence-electron chi connectivity index (χ2n) is 6.55. The summed E-state index contributed by atoms with van der Waals surface area (Å²) < 4.78 is 1.52. The molecule has 0 atom stereocenters. The largest absolute Gasteiger partial charge is 0.325 e. The molecule has 0 aliphatic rings. The molecular formula is C21H22N4O3S. The zero-order valence-electron chi connectivity index (χ0n) is 16.5. The zero-order chi connectivity index (χ0) is 21.0. The Morgan fingerprint density at radius 1 is 1.10 bits per heavy atom. The van der Waals surface area contributed by atoms with E-state index in [-0.39, 0.29) is 11.3 Å². The predicted molar refractivity (Wildman–Crippen MR) is 115 cm³/mol. The molecule has 0 unspecified atom stereocenters. The normalized spacial score (nSPS) is 10.7. The highest BCUT2D eigenvalue weighted by Gasteiger charge is 2.14. The maximum absolute atomic E-state index is 12.6. The topological polar surface area (TPSA) is 93.1 Å². The van der Waals surface area contributed by atoms with Crippen LogP contribution in [0.1, 0.15) is 18.1 Å². The summed E-state index contributed by atoms with van der Waals surface area (Å²) >= 11 is 1.12. The fraction of sp³-hybridized carbons (Fsp3) is 0.238. The quantitative estimate of drug-likeness (QED) is 0.496. The molecule has 3 rings (SSSR count). The number of para-hydroxylation sites is 1. The number of hydrogen-bond acceptors (Lipinski definition) is 5. The number of nitrogens with one attached hydrogen (secondary N) is 2. The molecule has 29 heavy (non-hydrogen) atoms. The minimum absolute atomic E-state index is 0.0366. The van der Waals surface area contributed by atoms with Crippen molar-refractivity contribution >= 4 is 40.3 Å². The van der Waals surface area contributed by atoms with Crippen LogP contribution in [-0.4, -0.2) is 27.2 Å². The summed E-state index contributed by atoms with van der Waals surface area (Å²) in [5.74, 6) is -0.508. The number of rotatable bonds is 5. The van der Waals surface area contributed by atoms with Crippen LogP contribution in [0.25, 0.3) is 10.9 Å². The van der Waals surface area contributed by atoms with Crippen LogP contribution in [0, 0.1) is 13.8 Å². The number of aromatic nitrogens is 2. The van der Waals surface area contributed by atoms with Gasteiger partial charge in [-0.1, -0.05) is 30.0 Å². The van der Waals surface area contributed by atoms with E-state index in [0.29, 0.717) is 28.3 Å². The van der Waals surface area contributed by atoms with Gasteiger partial charge in [0.05, 0.1) is 16.7 Å². The summed E-state index contributed by atoms with van der Waals surface area (Å²) in [6, 6.07) is 12.0. The third-order valence-corrected chi connectivity index (χ3v) is 5.47. The van der Waals surface area contributed by atoms with Crippen molar-refractivity contribution in [2.45, 2.75) is 32.5 Å². The number of imide groups is 1. The standard InChI is InChI=1S/C21H22N4O3S/c1-4-25-19(27)16-7-5-6-8-17(16)23-21(25)29-12-18(26)24-20(28)22-15-10-9-13(2)14(3)11-15/h5-11H,4,12H2,1-3H3,(H2,22,24,26,28). The van der Waals surface area contributed by atoms with Gasteiger partial charge in [0, 0.05) is 12.2 Å². The average molecular weight is 410 g/mol. The lowest BCUT2D eigenvalue weighted by molar-refractivity contribution is -0.117. The van der Waals surface area contributed by atoms with Crippen LogP contribution in [0.4, 0.5) is 10.5 Å². The summed E-state index contributed by atoms with van der Waals surface area (Å²) in [4.78, 5) is 41.3. The van der Waals surface area contributed by atoms with Crippen molar-refractivity contribution in [2.24, 2.45) is 0 Å². The molecule has 3 aromatic rings. The maximum Gasteiger partial charge on any atom is 0.325 e. The van der Waals surface area contributed by atoms with Crippen LogP contribution in [-0.2, 0) is 11.3 Å². The fourth-order valence-corrected chi connectivity index (χ4v) is 3.67. The molecule has 0 saturated heterocycles. The van der Waals surface area contributed by atoms with Gasteiger partial charge in [-0.3, -0.25) is 19.5 Å². The molecule has 0 bridgehead atoms. The summed E-state index contributed by atoms with van der Waals surface area (Å²) in [5.41, 5.74) is 3.21. The second-order valence-corrected chi connectivity index (χ2v) is 7.49. The first kappa shape index (κ1) is 20.6. The Kier molecular flexibility index (Phi) is 6.33. The number of nitrogens with zero attached hydrogens (tertiary/aromatic N) is 2. The number of thioether (sulfide) groups is 1. The number of fused-ring (bicyclic) bond motifs is 1. The molecule has 8 heteroatoms. The predicted octanol–water partition coefficient (Wildman–Crippen LogP) is 3.47. The van der Waals surface area contributed by atoms with Crippen LogP contribution in [0.5, 0.6) is 0 Å². The number of carbonyl (C=O) groups excluding carboxylic acids is 2. The van der Waals surface area contributed by atoms with Gasteiger partial charge in [-0.15, -0.1) is 0 Å². The zero-order valence-corrected chi connectivity index (χ0v) is 17.3. The van der Waals surface area contributed by atoms with Gasteiger partial charge in [-0.25, -0.2) is 9.78 Å². The van der Waals surface area contributed by atoms with Gasteiger partial charge in [0.25, 0.3) is 5.56 Å². The molecule has 0 aliphatic carbocycles. The van der Waals surface area contributed by atoms with Gasteiger partial charge in [0.2, 0.25) is 5.91 Å². The lowest BCUT2D eigenvalue weighted by Gasteiger charge is -2.11. The highest BCUT2D eigenvalue weighted by atomic mass is 32.2. The Morgan fingerprint density at radius 3 is 2.59 bits per heavy atom. The molecule has 0 aliphatic heterocycles. The SMILES string of the molecule is CCn1c(SCC(=O)NC(=O)Nc2ccc(C)c(C)c2)nc2ccccc2c1=O. The van der Waals surface area contributed by atoms with Crippen molar-refractivity contribution in [1.29, 1.82) is 0 Å². The average Bonchev–Trinajstić information content (AvgIpc) is 2.69. The van der Waals surface area contributed by atoms with E-state index in [1.807, 2.05) is 39.0 Å². The van der Waals surface area contributed by atoms with E-state index in [4.69, 9.17) is 0 Å². The van der Waals surface area contributed by atoms with E-state index >= 15 is 0 Å². The van der Waals surface area contributed by atoms with E-state index < -0.39 is 11.9 Å². The first-order valence-electron chi connectivity index (χ1n) is 9.19. The fourth-order valence-electron chi connectivity index (χ4n) is 2.81. The van der Waals surface area contributed by atoms with Crippen molar-refractivity contribution in [3.8, 4) is 0 Å². The van der Waals surface area contributed by atoms with Gasteiger partial charge < -0.3 is 5.32 Å². The van der Waals surface area contributed by atoms with Gasteiger partial charge in [-0.2, -0.15) is 0 Å². The molecule has 0 radical (unpaired) electrons. The van der Waals surface area contributed by atoms with Gasteiger partial charge >= 0.3 is 6.03 Å². The first-order valence-corrected chi connectivity index (χ1v) is 10.2. The maximum atomic E-state index is 12.6. The lowest BCUT2D eigenvalue weighted by Crippen LogP contribution is -2.35. The molecule has 1 aromatic heterocycles. The molecule has 0 fully saturated rings. The Bertz CT molecular complexity index is 1140. The van der Waals surface area contributed by atoms with Crippen molar-refractivity contribution in [3.63, 3.8) is 0 Å². The van der Waals surface area contributed by atoms with Gasteiger partial charge in [0.1, 0.15) is 0 Å². The third kappa shape index (κ3) is 4.83. The number of anilines is 1. The Hall–Kier alpha value is -3.13. The first-order chi connectivity index (χ1) is 13.9. The number of benzene rings is 2. The molecule has 2 aromatic carbocycles. The van der Waals surface area contributed by atoms with Crippen molar-refractivity contribution in [1.82, 2.24) is 14.9 Å². The van der Waals surface area contributed by atoms with E-state index in [1.54, 1.807) is 24.3 Å². The van der Waals surface area contributed by atoms with Gasteiger partial charge in [-0.05, 0) is 56.2 Å². The number of hydrogen-bond donors (Lipinski definition) is 2. The summed E-state index contributed by atoms with van der Waals surface area (Å²) in [6.07, 6.45) is 0. The number of urea groups is 1.